The summed E-state index contributed by atoms with van der Waals surface area (Å²) in [5.74, 6) is 2.47. The van der Waals surface area contributed by atoms with E-state index in [1.165, 1.54) is 42.3 Å². The first-order valence-electron chi connectivity index (χ1n) is 20.9. The molecule has 0 bridgehead atoms. The van der Waals surface area contributed by atoms with Gasteiger partial charge in [0.15, 0.2) is 5.16 Å². The molecule has 0 amide bonds. The monoisotopic (exact) mass is 902 g/mol. The molecular weight excluding hydrogens is 851 g/mol. The molecule has 2 aromatic carbocycles. The number of aromatic nitrogens is 8. The Bertz CT molecular complexity index is 2430. The molecule has 2 saturated heterocycles. The summed E-state index contributed by atoms with van der Waals surface area (Å²) < 4.78 is 53.3. The van der Waals surface area contributed by atoms with Crippen molar-refractivity contribution in [3.05, 3.63) is 108 Å². The van der Waals surface area contributed by atoms with Gasteiger partial charge in [0.1, 0.15) is 34.9 Å². The summed E-state index contributed by atoms with van der Waals surface area (Å²) in [7, 11) is -1.32. The standard InChI is InChI=1S/C22H26FN5O3S.C22H26FN5O2S/c1-3-31-22(29)27-12-9-15(10-13-27)18-14-28(19-8-11-24-21(26-19)32(2)30)20(25-18)16-4-6-17(23)7-5-16;1-3-30-22(29)27-12-9-15(10-13-27)18-14-28(19-8-11-24-21(26-19)31-2)20(25-18)16-4-6-17(23)7-5-16/h4-8,11,14-15,22,29H,3,9-10,12-13H2,1-2H3;4-8,11,14-15,22,29H,3,9-10,12-13H2,1-2H3. The Balaban J connectivity index is 0.000000189. The minimum absolute atomic E-state index is 0.196. The molecule has 0 spiro atoms. The van der Waals surface area contributed by atoms with Crippen molar-refractivity contribution in [3.8, 4) is 34.4 Å². The van der Waals surface area contributed by atoms with Crippen molar-refractivity contribution in [2.75, 3.05) is 51.9 Å². The zero-order valence-corrected chi connectivity index (χ0v) is 37.3. The maximum absolute atomic E-state index is 13.5. The van der Waals surface area contributed by atoms with Crippen LogP contribution in [-0.4, -0.2) is 128 Å². The minimum Gasteiger partial charge on any atom is -0.356 e. The lowest BCUT2D eigenvalue weighted by Gasteiger charge is -2.33. The third-order valence-electron chi connectivity index (χ3n) is 11.0. The van der Waals surface area contributed by atoms with E-state index in [0.29, 0.717) is 43.1 Å². The fourth-order valence-electron chi connectivity index (χ4n) is 7.65. The van der Waals surface area contributed by atoms with Gasteiger partial charge in [-0.05, 0) is 106 Å². The molecule has 6 heterocycles. The molecule has 0 radical (unpaired) electrons. The molecule has 3 unspecified atom stereocenters. The van der Waals surface area contributed by atoms with Crippen molar-refractivity contribution in [2.45, 2.75) is 74.5 Å². The van der Waals surface area contributed by atoms with Gasteiger partial charge in [-0.25, -0.2) is 38.7 Å². The topological polar surface area (TPSA) is 170 Å². The van der Waals surface area contributed by atoms with Gasteiger partial charge in [0.05, 0.1) is 22.2 Å². The molecule has 2 N–H and O–H groups in total. The van der Waals surface area contributed by atoms with Gasteiger partial charge in [-0.15, -0.1) is 0 Å². The molecule has 15 nitrogen and oxygen atoms in total. The number of halogens is 2. The van der Waals surface area contributed by atoms with Gasteiger partial charge in [0.2, 0.25) is 18.0 Å². The van der Waals surface area contributed by atoms with Crippen LogP contribution < -0.4 is 0 Å². The number of aliphatic hydroxyl groups excluding tert-OH is 2. The van der Waals surface area contributed by atoms with Crippen molar-refractivity contribution in [1.29, 1.82) is 0 Å². The van der Waals surface area contributed by atoms with Crippen LogP contribution in [0, 0.1) is 11.6 Å². The average molecular weight is 903 g/mol. The predicted molar refractivity (Wildman–Crippen MR) is 236 cm³/mol. The molecule has 6 aromatic rings. The Labute approximate surface area is 372 Å². The lowest BCUT2D eigenvalue weighted by Crippen LogP contribution is -2.42. The molecule has 63 heavy (non-hydrogen) atoms. The summed E-state index contributed by atoms with van der Waals surface area (Å²) in [5.41, 5.74) is 3.43. The first kappa shape index (κ1) is 46.1. The number of piperidine rings is 2. The van der Waals surface area contributed by atoms with Crippen LogP contribution >= 0.6 is 11.8 Å². The molecule has 3 atom stereocenters. The molecule has 2 fully saturated rings. The van der Waals surface area contributed by atoms with Crippen LogP contribution in [0.1, 0.15) is 62.8 Å². The van der Waals surface area contributed by atoms with E-state index < -0.39 is 23.6 Å². The highest BCUT2D eigenvalue weighted by Crippen LogP contribution is 2.34. The van der Waals surface area contributed by atoms with E-state index >= 15 is 0 Å². The second-order valence-electron chi connectivity index (χ2n) is 15.0. The summed E-state index contributed by atoms with van der Waals surface area (Å²) in [5, 5.41) is 21.1. The van der Waals surface area contributed by atoms with E-state index in [1.807, 2.05) is 57.5 Å². The molecule has 4 aromatic heterocycles. The van der Waals surface area contributed by atoms with Gasteiger partial charge in [-0.1, -0.05) is 11.8 Å². The number of aliphatic hydroxyl groups is 2. The maximum Gasteiger partial charge on any atom is 0.220 e. The molecule has 2 aliphatic heterocycles. The Hall–Kier alpha value is -4.86. The Morgan fingerprint density at radius 1 is 0.683 bits per heavy atom. The number of rotatable bonds is 14. The van der Waals surface area contributed by atoms with Crippen LogP contribution in [-0.2, 0) is 20.3 Å². The zero-order valence-electron chi connectivity index (χ0n) is 35.6. The van der Waals surface area contributed by atoms with E-state index in [1.54, 1.807) is 42.7 Å². The first-order chi connectivity index (χ1) is 30.5. The summed E-state index contributed by atoms with van der Waals surface area (Å²) in [6, 6.07) is 16.1. The molecule has 19 heteroatoms. The van der Waals surface area contributed by atoms with Gasteiger partial charge >= 0.3 is 0 Å². The number of ether oxygens (including phenoxy) is 2. The van der Waals surface area contributed by atoms with Crippen LogP contribution in [0.15, 0.2) is 95.8 Å². The van der Waals surface area contributed by atoms with E-state index in [9.17, 15) is 23.2 Å². The summed E-state index contributed by atoms with van der Waals surface area (Å²) in [6.07, 6.45) is 12.3. The SMILES string of the molecule is CCOC(O)N1CCC(c2cn(-c3ccnc(S(C)=O)n3)c(-c3ccc(F)cc3)n2)CC1.CCOC(O)N1CCC(c2cn(-c3ccnc(SC)n3)c(-c3ccc(F)cc3)n2)CC1. The lowest BCUT2D eigenvalue weighted by molar-refractivity contribution is -0.195. The predicted octanol–water partition coefficient (Wildman–Crippen LogP) is 6.38. The number of hydrogen-bond donors (Lipinski definition) is 2. The molecule has 2 aliphatic rings. The summed E-state index contributed by atoms with van der Waals surface area (Å²) in [4.78, 5) is 31.1. The van der Waals surface area contributed by atoms with Gasteiger partial charge in [-0.3, -0.25) is 23.1 Å². The van der Waals surface area contributed by atoms with E-state index in [-0.39, 0.29) is 28.6 Å². The lowest BCUT2D eigenvalue weighted by atomic mass is 9.94. The number of nitrogens with zero attached hydrogens (tertiary/aromatic N) is 10. The fourth-order valence-corrected chi connectivity index (χ4v) is 8.44. The van der Waals surface area contributed by atoms with Gasteiger partial charge in [0.25, 0.3) is 0 Å². The number of thioether (sulfide) groups is 1. The highest BCUT2D eigenvalue weighted by atomic mass is 32.2. The highest BCUT2D eigenvalue weighted by molar-refractivity contribution is 7.98. The van der Waals surface area contributed by atoms with Gasteiger partial charge in [-0.2, -0.15) is 0 Å². The molecule has 8 rings (SSSR count). The molecular formula is C44H52F2N10O5S2. The third kappa shape index (κ3) is 11.5. The Morgan fingerprint density at radius 3 is 1.52 bits per heavy atom. The maximum atomic E-state index is 13.5. The number of hydrogen-bond acceptors (Lipinski definition) is 14. The van der Waals surface area contributed by atoms with Crippen LogP contribution in [0.3, 0.4) is 0 Å². The Kier molecular flexibility index (Phi) is 15.9. The van der Waals surface area contributed by atoms with Crippen molar-refractivity contribution in [1.82, 2.24) is 48.8 Å². The van der Waals surface area contributed by atoms with Gasteiger partial charge < -0.3 is 19.7 Å². The van der Waals surface area contributed by atoms with Crippen molar-refractivity contribution in [2.24, 2.45) is 0 Å². The van der Waals surface area contributed by atoms with Crippen molar-refractivity contribution < 1.29 is 32.7 Å². The largest absolute Gasteiger partial charge is 0.356 e. The van der Waals surface area contributed by atoms with E-state index in [2.05, 4.69) is 19.9 Å². The number of imidazole rings is 2. The molecule has 0 aliphatic carbocycles. The minimum atomic E-state index is -1.32. The van der Waals surface area contributed by atoms with E-state index in [4.69, 9.17) is 19.4 Å². The van der Waals surface area contributed by atoms with E-state index in [0.717, 1.165) is 72.9 Å². The third-order valence-corrected chi connectivity index (χ3v) is 12.2. The first-order valence-corrected chi connectivity index (χ1v) is 23.7. The second-order valence-corrected chi connectivity index (χ2v) is 17.0. The average Bonchev–Trinajstić information content (AvgIpc) is 3.97. The quantitative estimate of drug-likeness (QED) is 0.0702. The van der Waals surface area contributed by atoms with Gasteiger partial charge in [0, 0.05) is 93.4 Å². The summed E-state index contributed by atoms with van der Waals surface area (Å²) >= 11 is 1.48. The molecule has 334 valence electrons. The van der Waals surface area contributed by atoms with Crippen LogP contribution in [0.4, 0.5) is 8.78 Å². The van der Waals surface area contributed by atoms with Crippen LogP contribution in [0.5, 0.6) is 0 Å². The number of benzene rings is 2. The second kappa shape index (κ2) is 21.7. The van der Waals surface area contributed by atoms with Crippen molar-refractivity contribution >= 4 is 22.6 Å². The highest BCUT2D eigenvalue weighted by Gasteiger charge is 2.29. The normalized spacial score (nSPS) is 17.0. The zero-order chi connectivity index (χ0) is 44.5. The molecule has 0 saturated carbocycles. The Morgan fingerprint density at radius 2 is 1.11 bits per heavy atom. The number of likely N-dealkylation sites (tertiary alicyclic amines) is 2. The fraction of sp³-hybridized carbons (Fsp3) is 0.409. The van der Waals surface area contributed by atoms with Crippen LogP contribution in [0.25, 0.3) is 34.4 Å². The van der Waals surface area contributed by atoms with Crippen LogP contribution in [0.2, 0.25) is 0 Å². The van der Waals surface area contributed by atoms with Crippen molar-refractivity contribution in [3.63, 3.8) is 0 Å². The summed E-state index contributed by atoms with van der Waals surface area (Å²) in [6.45, 7) is 7.50. The smallest absolute Gasteiger partial charge is 0.220 e.